The number of rotatable bonds is 7. The first-order chi connectivity index (χ1) is 9.10. The number of anilines is 1. The Kier molecular flexibility index (Phi) is 6.25. The zero-order valence-corrected chi connectivity index (χ0v) is 12.1. The summed E-state index contributed by atoms with van der Waals surface area (Å²) in [4.78, 5) is 19.9. The molecule has 106 valence electrons. The molecule has 19 heavy (non-hydrogen) atoms. The van der Waals surface area contributed by atoms with Gasteiger partial charge in [-0.05, 0) is 12.3 Å². The molecule has 5 nitrogen and oxygen atoms in total. The minimum absolute atomic E-state index is 0.157. The molecule has 0 radical (unpaired) electrons. The molecule has 1 heterocycles. The van der Waals surface area contributed by atoms with Gasteiger partial charge < -0.3 is 11.1 Å². The normalized spacial score (nSPS) is 12.2. The zero-order chi connectivity index (χ0) is 14.3. The summed E-state index contributed by atoms with van der Waals surface area (Å²) < 4.78 is 0. The summed E-state index contributed by atoms with van der Waals surface area (Å²) >= 11 is 0. The number of unbranched alkanes of at least 4 members (excludes halogenated alkanes) is 3. The molecule has 0 bridgehead atoms. The maximum absolute atomic E-state index is 11.8. The standard InChI is InChI=1S/C14H24N4O/c1-4-5-6-7-8-10(2)12-11(13(19)16-3)9-17-14(15)18-12/h9-10H,4-8H2,1-3H3,(H,16,19)(H2,15,17,18). The van der Waals surface area contributed by atoms with Crippen molar-refractivity contribution in [3.05, 3.63) is 17.5 Å². The molecule has 0 aromatic carbocycles. The van der Waals surface area contributed by atoms with Crippen LogP contribution in [0.2, 0.25) is 0 Å². The van der Waals surface area contributed by atoms with E-state index in [9.17, 15) is 4.79 Å². The minimum atomic E-state index is -0.157. The summed E-state index contributed by atoms with van der Waals surface area (Å²) in [6.07, 6.45) is 7.36. The van der Waals surface area contributed by atoms with Crippen molar-refractivity contribution in [3.63, 3.8) is 0 Å². The predicted molar refractivity (Wildman–Crippen MR) is 77.0 cm³/mol. The Bertz CT molecular complexity index is 420. The van der Waals surface area contributed by atoms with Crippen molar-refractivity contribution in [3.8, 4) is 0 Å². The number of hydrogen-bond donors (Lipinski definition) is 2. The predicted octanol–water partition coefficient (Wildman–Crippen LogP) is 2.49. The SMILES string of the molecule is CCCCCCC(C)c1nc(N)ncc1C(=O)NC. The Hall–Kier alpha value is -1.65. The van der Waals surface area contributed by atoms with Crippen LogP contribution in [0.4, 0.5) is 5.95 Å². The second-order valence-corrected chi connectivity index (χ2v) is 4.86. The van der Waals surface area contributed by atoms with E-state index in [1.165, 1.54) is 25.5 Å². The quantitative estimate of drug-likeness (QED) is 0.741. The van der Waals surface area contributed by atoms with E-state index in [0.717, 1.165) is 18.5 Å². The van der Waals surface area contributed by atoms with E-state index < -0.39 is 0 Å². The van der Waals surface area contributed by atoms with Gasteiger partial charge in [-0.25, -0.2) is 9.97 Å². The van der Waals surface area contributed by atoms with Crippen LogP contribution in [-0.2, 0) is 0 Å². The van der Waals surface area contributed by atoms with Crippen LogP contribution in [-0.4, -0.2) is 22.9 Å². The van der Waals surface area contributed by atoms with Gasteiger partial charge in [0.25, 0.3) is 5.91 Å². The van der Waals surface area contributed by atoms with Gasteiger partial charge in [0.1, 0.15) is 0 Å². The van der Waals surface area contributed by atoms with Crippen LogP contribution in [0.5, 0.6) is 0 Å². The van der Waals surface area contributed by atoms with Gasteiger partial charge in [0, 0.05) is 13.2 Å². The van der Waals surface area contributed by atoms with Crippen molar-refractivity contribution in [1.82, 2.24) is 15.3 Å². The highest BCUT2D eigenvalue weighted by Gasteiger charge is 2.18. The average Bonchev–Trinajstić information content (AvgIpc) is 2.42. The second kappa shape index (κ2) is 7.71. The maximum Gasteiger partial charge on any atom is 0.254 e. The van der Waals surface area contributed by atoms with Crippen molar-refractivity contribution in [2.24, 2.45) is 0 Å². The Labute approximate surface area is 115 Å². The summed E-state index contributed by atoms with van der Waals surface area (Å²) in [5.41, 5.74) is 6.91. The van der Waals surface area contributed by atoms with Crippen LogP contribution in [0, 0.1) is 0 Å². The molecule has 1 rings (SSSR count). The van der Waals surface area contributed by atoms with Gasteiger partial charge in [0.15, 0.2) is 0 Å². The van der Waals surface area contributed by atoms with E-state index in [1.807, 2.05) is 0 Å². The molecule has 0 saturated carbocycles. The first kappa shape index (κ1) is 15.4. The van der Waals surface area contributed by atoms with Gasteiger partial charge in [-0.3, -0.25) is 4.79 Å². The van der Waals surface area contributed by atoms with E-state index in [2.05, 4.69) is 29.1 Å². The Balaban J connectivity index is 2.79. The number of aromatic nitrogens is 2. The monoisotopic (exact) mass is 264 g/mol. The summed E-state index contributed by atoms with van der Waals surface area (Å²) in [6, 6.07) is 0. The van der Waals surface area contributed by atoms with Crippen LogP contribution in [0.25, 0.3) is 0 Å². The van der Waals surface area contributed by atoms with Crippen molar-refractivity contribution in [2.45, 2.75) is 51.9 Å². The number of amides is 1. The fourth-order valence-corrected chi connectivity index (χ4v) is 2.11. The van der Waals surface area contributed by atoms with Gasteiger partial charge in [-0.2, -0.15) is 0 Å². The molecular weight excluding hydrogens is 240 g/mol. The van der Waals surface area contributed by atoms with Crippen LogP contribution in [0.1, 0.15) is 67.9 Å². The molecule has 0 fully saturated rings. The number of nitrogens with one attached hydrogen (secondary N) is 1. The maximum atomic E-state index is 11.8. The molecule has 1 amide bonds. The number of nitrogen functional groups attached to an aromatic ring is 1. The molecule has 1 atom stereocenters. The lowest BCUT2D eigenvalue weighted by atomic mass is 9.96. The van der Waals surface area contributed by atoms with Gasteiger partial charge in [-0.15, -0.1) is 0 Å². The topological polar surface area (TPSA) is 80.9 Å². The number of carbonyl (C=O) groups is 1. The molecule has 5 heteroatoms. The number of carbonyl (C=O) groups excluding carboxylic acids is 1. The zero-order valence-electron chi connectivity index (χ0n) is 12.1. The molecule has 3 N–H and O–H groups in total. The molecule has 0 saturated heterocycles. The third-order valence-electron chi connectivity index (χ3n) is 3.27. The molecule has 0 aliphatic carbocycles. The largest absolute Gasteiger partial charge is 0.368 e. The van der Waals surface area contributed by atoms with Gasteiger partial charge in [0.2, 0.25) is 5.95 Å². The lowest BCUT2D eigenvalue weighted by Crippen LogP contribution is -2.22. The fourth-order valence-electron chi connectivity index (χ4n) is 2.11. The third-order valence-corrected chi connectivity index (χ3v) is 3.27. The average molecular weight is 264 g/mol. The second-order valence-electron chi connectivity index (χ2n) is 4.86. The van der Waals surface area contributed by atoms with E-state index in [1.54, 1.807) is 7.05 Å². The fraction of sp³-hybridized carbons (Fsp3) is 0.643. The Morgan fingerprint density at radius 2 is 2.16 bits per heavy atom. The van der Waals surface area contributed by atoms with Crippen molar-refractivity contribution in [1.29, 1.82) is 0 Å². The first-order valence-corrected chi connectivity index (χ1v) is 6.94. The van der Waals surface area contributed by atoms with Crippen LogP contribution in [0.3, 0.4) is 0 Å². The van der Waals surface area contributed by atoms with Crippen LogP contribution < -0.4 is 11.1 Å². The summed E-state index contributed by atoms with van der Waals surface area (Å²) in [5, 5.41) is 2.61. The smallest absolute Gasteiger partial charge is 0.254 e. The molecule has 1 unspecified atom stereocenters. The van der Waals surface area contributed by atoms with E-state index in [0.29, 0.717) is 5.56 Å². The van der Waals surface area contributed by atoms with Crippen molar-refractivity contribution < 1.29 is 4.79 Å². The van der Waals surface area contributed by atoms with E-state index >= 15 is 0 Å². The van der Waals surface area contributed by atoms with E-state index in [-0.39, 0.29) is 17.8 Å². The summed E-state index contributed by atoms with van der Waals surface area (Å²) in [6.45, 7) is 4.28. The number of nitrogens with two attached hydrogens (primary N) is 1. The van der Waals surface area contributed by atoms with Gasteiger partial charge >= 0.3 is 0 Å². The van der Waals surface area contributed by atoms with Crippen molar-refractivity contribution in [2.75, 3.05) is 12.8 Å². The van der Waals surface area contributed by atoms with Gasteiger partial charge in [0.05, 0.1) is 11.3 Å². The molecular formula is C14H24N4O. The lowest BCUT2D eigenvalue weighted by Gasteiger charge is -2.14. The molecule has 1 aromatic rings. The molecule has 0 spiro atoms. The summed E-state index contributed by atoms with van der Waals surface area (Å²) in [5.74, 6) is 0.285. The first-order valence-electron chi connectivity index (χ1n) is 6.94. The van der Waals surface area contributed by atoms with Crippen LogP contribution in [0.15, 0.2) is 6.20 Å². The molecule has 0 aliphatic heterocycles. The highest BCUT2D eigenvalue weighted by Crippen LogP contribution is 2.23. The Morgan fingerprint density at radius 3 is 2.79 bits per heavy atom. The minimum Gasteiger partial charge on any atom is -0.368 e. The Morgan fingerprint density at radius 1 is 1.42 bits per heavy atom. The highest BCUT2D eigenvalue weighted by atomic mass is 16.1. The third kappa shape index (κ3) is 4.50. The number of hydrogen-bond acceptors (Lipinski definition) is 4. The highest BCUT2D eigenvalue weighted by molar-refractivity contribution is 5.95. The molecule has 1 aromatic heterocycles. The number of nitrogens with zero attached hydrogens (tertiary/aromatic N) is 2. The van der Waals surface area contributed by atoms with E-state index in [4.69, 9.17) is 5.73 Å². The van der Waals surface area contributed by atoms with Crippen LogP contribution >= 0.6 is 0 Å². The van der Waals surface area contributed by atoms with Crippen molar-refractivity contribution >= 4 is 11.9 Å². The molecule has 0 aliphatic rings. The summed E-state index contributed by atoms with van der Waals surface area (Å²) in [7, 11) is 1.61. The van der Waals surface area contributed by atoms with Gasteiger partial charge in [-0.1, -0.05) is 39.5 Å². The lowest BCUT2D eigenvalue weighted by molar-refractivity contribution is 0.0961.